The molecule has 2 aliphatic rings. The van der Waals surface area contributed by atoms with Gasteiger partial charge in [0.05, 0.1) is 16.7 Å². The molecule has 0 saturated carbocycles. The van der Waals surface area contributed by atoms with E-state index >= 15 is 0 Å². The first-order valence-electron chi connectivity index (χ1n) is 12.7. The number of aromatic nitrogens is 2. The number of likely N-dealkylation sites (tertiary alicyclic amines) is 1. The Bertz CT molecular complexity index is 1580. The number of carbonyl (C=O) groups excluding carboxylic acids is 1. The fourth-order valence-electron chi connectivity index (χ4n) is 5.45. The van der Waals surface area contributed by atoms with E-state index in [9.17, 15) is 9.00 Å². The number of carbonyl (C=O) groups is 1. The predicted octanol–water partition coefficient (Wildman–Crippen LogP) is 5.44. The highest BCUT2D eigenvalue weighted by atomic mass is 35.5. The van der Waals surface area contributed by atoms with E-state index in [1.807, 2.05) is 63.8 Å². The summed E-state index contributed by atoms with van der Waals surface area (Å²) >= 11 is 6.07. The Morgan fingerprint density at radius 3 is 2.55 bits per heavy atom. The van der Waals surface area contributed by atoms with Crippen LogP contribution < -0.4 is 9.04 Å². The van der Waals surface area contributed by atoms with Crippen molar-refractivity contribution in [2.75, 3.05) is 30.3 Å². The molecule has 1 saturated heterocycles. The molecule has 0 aliphatic carbocycles. The van der Waals surface area contributed by atoms with Gasteiger partial charge in [-0.1, -0.05) is 35.9 Å². The van der Waals surface area contributed by atoms with Gasteiger partial charge in [0, 0.05) is 45.6 Å². The van der Waals surface area contributed by atoms with Crippen molar-refractivity contribution in [2.45, 2.75) is 24.8 Å². The molecule has 6 rings (SSSR count). The summed E-state index contributed by atoms with van der Waals surface area (Å²) in [6.45, 7) is 1.60. The zero-order valence-electron chi connectivity index (χ0n) is 21.1. The third kappa shape index (κ3) is 4.63. The molecule has 7 nitrogen and oxygen atoms in total. The average Bonchev–Trinajstić information content (AvgIpc) is 3.36. The fourth-order valence-corrected chi connectivity index (χ4v) is 6.86. The summed E-state index contributed by atoms with van der Waals surface area (Å²) in [5, 5.41) is 0.633. The monoisotopic (exact) mass is 548 g/mol. The molecule has 2 aliphatic heterocycles. The second-order valence-electron chi connectivity index (χ2n) is 10.1. The summed E-state index contributed by atoms with van der Waals surface area (Å²) in [5.41, 5.74) is 4.17. The second kappa shape index (κ2) is 9.67. The summed E-state index contributed by atoms with van der Waals surface area (Å²) in [4.78, 5) is 23.5. The normalized spacial score (nSPS) is 19.6. The van der Waals surface area contributed by atoms with Gasteiger partial charge in [0.2, 0.25) is 0 Å². The first-order chi connectivity index (χ1) is 18.3. The summed E-state index contributed by atoms with van der Waals surface area (Å²) < 4.78 is 21.2. The van der Waals surface area contributed by atoms with Gasteiger partial charge >= 0.3 is 0 Å². The molecule has 3 heterocycles. The Morgan fingerprint density at radius 1 is 1.11 bits per heavy atom. The van der Waals surface area contributed by atoms with Crippen molar-refractivity contribution in [3.05, 3.63) is 88.7 Å². The number of para-hydroxylation sites is 2. The molecule has 2 atom stereocenters. The predicted molar refractivity (Wildman–Crippen MR) is 154 cm³/mol. The fraction of sp³-hybridized carbons (Fsp3) is 0.276. The lowest BCUT2D eigenvalue weighted by molar-refractivity contribution is 0.0710. The van der Waals surface area contributed by atoms with Crippen LogP contribution in [0.1, 0.15) is 46.5 Å². The van der Waals surface area contributed by atoms with Crippen LogP contribution in [0.5, 0.6) is 5.75 Å². The number of ether oxygens (including phenoxy) is 1. The lowest BCUT2D eigenvalue weighted by atomic mass is 9.95. The highest BCUT2D eigenvalue weighted by Gasteiger charge is 2.34. The summed E-state index contributed by atoms with van der Waals surface area (Å²) in [7, 11) is -2.63. The summed E-state index contributed by atoms with van der Waals surface area (Å²) in [5.74, 6) is 5.75. The van der Waals surface area contributed by atoms with E-state index < -0.39 is 9.71 Å². The van der Waals surface area contributed by atoms with Crippen molar-refractivity contribution >= 4 is 49.8 Å². The van der Waals surface area contributed by atoms with Crippen LogP contribution in [-0.2, 0) is 9.71 Å². The molecule has 2 unspecified atom stereocenters. The number of hydrogen-bond acceptors (Lipinski definition) is 4. The molecule has 1 amide bonds. The first kappa shape index (κ1) is 24.8. The highest BCUT2D eigenvalue weighted by Crippen LogP contribution is 2.42. The van der Waals surface area contributed by atoms with Gasteiger partial charge in [0.25, 0.3) is 5.91 Å². The van der Waals surface area contributed by atoms with Crippen molar-refractivity contribution in [3.63, 3.8) is 0 Å². The average molecular weight is 549 g/mol. The molecule has 38 heavy (non-hydrogen) atoms. The van der Waals surface area contributed by atoms with Crippen LogP contribution in [0.3, 0.4) is 0 Å². The van der Waals surface area contributed by atoms with Gasteiger partial charge < -0.3 is 14.6 Å². The molecular weight excluding hydrogens is 520 g/mol. The molecule has 4 aromatic rings. The number of halogens is 1. The van der Waals surface area contributed by atoms with Crippen molar-refractivity contribution < 1.29 is 13.7 Å². The Morgan fingerprint density at radius 2 is 1.84 bits per heavy atom. The number of imidazole rings is 1. The molecule has 1 aromatic heterocycles. The first-order valence-corrected chi connectivity index (χ1v) is 15.1. The Balaban J connectivity index is 1.20. The molecule has 0 spiro atoms. The Labute approximate surface area is 227 Å². The van der Waals surface area contributed by atoms with Gasteiger partial charge in [0.1, 0.15) is 24.2 Å². The van der Waals surface area contributed by atoms with Gasteiger partial charge in [-0.3, -0.25) is 9.10 Å². The number of hydrogen-bond donors (Lipinski definition) is 1. The van der Waals surface area contributed by atoms with E-state index in [2.05, 4.69) is 10.9 Å². The van der Waals surface area contributed by atoms with Crippen LogP contribution in [-0.4, -0.2) is 56.8 Å². The quantitative estimate of drug-likeness (QED) is 0.345. The smallest absolute Gasteiger partial charge is 0.253 e. The molecule has 1 N–H and O–H groups in total. The number of H-pyrrole nitrogens is 1. The number of rotatable bonds is 4. The minimum Gasteiger partial charge on any atom is -0.489 e. The number of fused-ring (bicyclic) bond motifs is 2. The van der Waals surface area contributed by atoms with E-state index in [0.717, 1.165) is 35.3 Å². The molecule has 0 radical (unpaired) electrons. The van der Waals surface area contributed by atoms with Crippen LogP contribution in [0.4, 0.5) is 5.69 Å². The minimum absolute atomic E-state index is 0.0299. The van der Waals surface area contributed by atoms with E-state index in [0.29, 0.717) is 41.0 Å². The SMILES string of the molecule is C=S(C)(=O)N1c2ccc(C(=O)N3CCC(c4nc5ccccc5[nH]4)CC3)cc2OCC1c1ccc(Cl)cc1. The maximum absolute atomic E-state index is 13.4. The molecule has 196 valence electrons. The molecule has 1 fully saturated rings. The largest absolute Gasteiger partial charge is 0.489 e. The molecule has 9 heteroatoms. The standard InChI is InChI=1S/C29H29ClN4O3S/c1-38(2,36)34-25-12-9-21(17-27(25)37-18-26(34)19-7-10-22(30)11-8-19)29(35)33-15-13-20(14-16-33)28-31-23-5-3-4-6-24(23)32-28/h3-12,17,20,26H,1,13-16,18H2,2H3,(H,31,32). The number of nitrogens with one attached hydrogen (secondary N) is 1. The highest BCUT2D eigenvalue weighted by molar-refractivity contribution is 8.00. The Hall–Kier alpha value is -3.49. The lowest BCUT2D eigenvalue weighted by Gasteiger charge is -2.39. The van der Waals surface area contributed by atoms with Crippen LogP contribution in [0, 0.1) is 0 Å². The summed E-state index contributed by atoms with van der Waals surface area (Å²) in [6, 6.07) is 20.6. The zero-order valence-corrected chi connectivity index (χ0v) is 22.7. The maximum atomic E-state index is 13.4. The van der Waals surface area contributed by atoms with Crippen molar-refractivity contribution in [2.24, 2.45) is 0 Å². The lowest BCUT2D eigenvalue weighted by Crippen LogP contribution is -2.41. The number of piperidine rings is 1. The van der Waals surface area contributed by atoms with E-state index in [1.165, 1.54) is 0 Å². The van der Waals surface area contributed by atoms with Crippen LogP contribution in [0.25, 0.3) is 11.0 Å². The van der Waals surface area contributed by atoms with Gasteiger partial charge in [-0.25, -0.2) is 9.19 Å². The molecular formula is C29H29ClN4O3S. The van der Waals surface area contributed by atoms with E-state index in [1.54, 1.807) is 18.4 Å². The summed E-state index contributed by atoms with van der Waals surface area (Å²) in [6.07, 6.45) is 3.32. The van der Waals surface area contributed by atoms with Crippen LogP contribution >= 0.6 is 11.6 Å². The van der Waals surface area contributed by atoms with Crippen LogP contribution in [0.15, 0.2) is 66.7 Å². The van der Waals surface area contributed by atoms with E-state index in [4.69, 9.17) is 21.3 Å². The maximum Gasteiger partial charge on any atom is 0.253 e. The minimum atomic E-state index is -2.63. The third-order valence-electron chi connectivity index (χ3n) is 7.37. The van der Waals surface area contributed by atoms with E-state index in [-0.39, 0.29) is 18.6 Å². The molecule has 0 bridgehead atoms. The second-order valence-corrected chi connectivity index (χ2v) is 12.8. The van der Waals surface area contributed by atoms with Crippen LogP contribution in [0.2, 0.25) is 5.02 Å². The number of nitrogens with zero attached hydrogens (tertiary/aromatic N) is 3. The number of amides is 1. The number of aromatic amines is 1. The van der Waals surface area contributed by atoms with Gasteiger partial charge in [-0.15, -0.1) is 0 Å². The third-order valence-corrected chi connectivity index (χ3v) is 8.91. The number of benzene rings is 3. The topological polar surface area (TPSA) is 78.5 Å². The van der Waals surface area contributed by atoms with Crippen molar-refractivity contribution in [1.82, 2.24) is 14.9 Å². The van der Waals surface area contributed by atoms with Gasteiger partial charge in [0.15, 0.2) is 0 Å². The van der Waals surface area contributed by atoms with Gasteiger partial charge in [-0.2, -0.15) is 0 Å². The zero-order chi connectivity index (χ0) is 26.4. The van der Waals surface area contributed by atoms with Gasteiger partial charge in [-0.05, 0) is 66.7 Å². The van der Waals surface area contributed by atoms with Crippen molar-refractivity contribution in [1.29, 1.82) is 0 Å². The number of anilines is 1. The Kier molecular flexibility index (Phi) is 6.32. The van der Waals surface area contributed by atoms with Crippen molar-refractivity contribution in [3.8, 4) is 5.75 Å². The molecule has 3 aromatic carbocycles.